The van der Waals surface area contributed by atoms with Crippen LogP contribution in [0.25, 0.3) is 46.5 Å². The monoisotopic (exact) mass is 1600 g/mol. The van der Waals surface area contributed by atoms with Crippen LogP contribution in [0.3, 0.4) is 0 Å². The molecule has 0 amide bonds. The van der Waals surface area contributed by atoms with Crippen molar-refractivity contribution < 1.29 is 19.1 Å². The van der Waals surface area contributed by atoms with Gasteiger partial charge in [-0.15, -0.1) is 0 Å². The average Bonchev–Trinajstić information content (AvgIpc) is 1.47. The van der Waals surface area contributed by atoms with Crippen LogP contribution >= 0.6 is 0 Å². The van der Waals surface area contributed by atoms with E-state index >= 15 is 0 Å². The van der Waals surface area contributed by atoms with Gasteiger partial charge in [0.2, 0.25) is 0 Å². The summed E-state index contributed by atoms with van der Waals surface area (Å²) in [5.74, 6) is 6.19. The van der Waals surface area contributed by atoms with Crippen molar-refractivity contribution in [1.82, 2.24) is 76.4 Å². The maximum absolute atomic E-state index is 12.1. The number of aryl methyl sites for hydroxylation is 20. The molecule has 0 N–H and O–H groups in total. The minimum atomic E-state index is -0.669. The highest BCUT2D eigenvalue weighted by molar-refractivity contribution is 5.68. The number of carbonyl (C=O) groups is 2. The summed E-state index contributed by atoms with van der Waals surface area (Å²) in [5.41, 5.74) is 29.4. The number of carbonyl (C=O) groups excluding carboxylic acids is 2. The lowest BCUT2D eigenvalue weighted by molar-refractivity contribution is -0.145. The second-order valence-corrected chi connectivity index (χ2v) is 31.4. The number of esters is 2. The van der Waals surface area contributed by atoms with Crippen LogP contribution in [0.1, 0.15) is 185 Å². The van der Waals surface area contributed by atoms with Crippen LogP contribution < -0.4 is 0 Å². The average molecular weight is 1600 g/mol. The van der Waals surface area contributed by atoms with E-state index in [4.69, 9.17) is 34.4 Å². The Balaban J connectivity index is 0.000000139. The van der Waals surface area contributed by atoms with Crippen LogP contribution in [-0.2, 0) is 31.9 Å². The SMILES string of the molecule is CC(=O)OC(c1cc(-n2c(C)ccc2C)nc(-n2c(C)ccc2C)c1)c1cccc(C)n1.CC(=O)OC(c1cccc(C)n1)c1ccc(-n2c(C)ccc2C)nc1-n1c(C)ccc1C.Cc1cccc(Cc2cc(-n3c(C)ccc3C)nc(-n3c(C)ccc3C)c2)n1.Cc1cccc(Cc2ccc(-n3c(C)ccc3C)nc2-n2c(C)ccc2C)n1. The van der Waals surface area contributed by atoms with Gasteiger partial charge in [0.25, 0.3) is 0 Å². The molecule has 612 valence electrons. The first-order valence-corrected chi connectivity index (χ1v) is 40.7. The van der Waals surface area contributed by atoms with E-state index in [9.17, 15) is 9.59 Å². The number of hydrogen-bond donors (Lipinski definition) is 0. The molecule has 16 heterocycles. The van der Waals surface area contributed by atoms with E-state index in [1.165, 1.54) is 70.5 Å². The maximum atomic E-state index is 12.1. The van der Waals surface area contributed by atoms with Crippen LogP contribution in [0.2, 0.25) is 0 Å². The van der Waals surface area contributed by atoms with Crippen LogP contribution in [0.4, 0.5) is 0 Å². The first kappa shape index (κ1) is 84.3. The number of nitrogens with zero attached hydrogens (tertiary/aromatic N) is 16. The van der Waals surface area contributed by atoms with Crippen molar-refractivity contribution in [2.45, 2.75) is 177 Å². The van der Waals surface area contributed by atoms with Gasteiger partial charge in [-0.3, -0.25) is 29.5 Å². The Morgan fingerprint density at radius 1 is 0.267 bits per heavy atom. The number of pyridine rings is 8. The summed E-state index contributed by atoms with van der Waals surface area (Å²) >= 11 is 0. The molecule has 2 unspecified atom stereocenters. The second-order valence-electron chi connectivity index (χ2n) is 31.4. The van der Waals surface area contributed by atoms with E-state index in [2.05, 4.69) is 294 Å². The summed E-state index contributed by atoms with van der Waals surface area (Å²) in [6, 6.07) is 74.1. The molecule has 2 atom stereocenters. The first-order chi connectivity index (χ1) is 57.4. The van der Waals surface area contributed by atoms with Crippen molar-refractivity contribution in [3.63, 3.8) is 0 Å². The van der Waals surface area contributed by atoms with Gasteiger partial charge in [0.05, 0.1) is 11.4 Å². The molecule has 0 radical (unpaired) electrons. The Bertz CT molecular complexity index is 6150. The number of aromatic nitrogens is 16. The van der Waals surface area contributed by atoms with E-state index < -0.39 is 12.2 Å². The van der Waals surface area contributed by atoms with Gasteiger partial charge in [-0.2, -0.15) is 0 Å². The lowest BCUT2D eigenvalue weighted by Gasteiger charge is -2.23. The molecule has 120 heavy (non-hydrogen) atoms. The zero-order valence-electron chi connectivity index (χ0n) is 73.1. The Morgan fingerprint density at radius 2 is 0.550 bits per heavy atom. The zero-order valence-corrected chi connectivity index (χ0v) is 73.1. The normalized spacial score (nSPS) is 11.7. The summed E-state index contributed by atoms with van der Waals surface area (Å²) in [7, 11) is 0. The molecule has 20 nitrogen and oxygen atoms in total. The Hall–Kier alpha value is -13.6. The van der Waals surface area contributed by atoms with Crippen molar-refractivity contribution in [3.05, 3.63) is 377 Å². The lowest BCUT2D eigenvalue weighted by atomic mass is 10.1. The van der Waals surface area contributed by atoms with Gasteiger partial charge in [0.15, 0.2) is 12.2 Å². The van der Waals surface area contributed by atoms with E-state index in [1.54, 1.807) is 0 Å². The molecule has 0 fully saturated rings. The molecule has 0 aromatic carbocycles. The molecule has 20 heteroatoms. The highest BCUT2D eigenvalue weighted by Gasteiger charge is 2.28. The molecule has 0 aliphatic rings. The van der Waals surface area contributed by atoms with Gasteiger partial charge in [0.1, 0.15) is 46.5 Å². The minimum Gasteiger partial charge on any atom is -0.451 e. The second kappa shape index (κ2) is 36.1. The van der Waals surface area contributed by atoms with Crippen molar-refractivity contribution in [2.24, 2.45) is 0 Å². The zero-order chi connectivity index (χ0) is 85.7. The van der Waals surface area contributed by atoms with Crippen molar-refractivity contribution in [2.75, 3.05) is 0 Å². The van der Waals surface area contributed by atoms with Gasteiger partial charge in [-0.05, 0) is 332 Å². The number of hydrogen-bond acceptors (Lipinski definition) is 12. The quantitative estimate of drug-likeness (QED) is 0.0739. The number of ether oxygens (including phenoxy) is 2. The molecule has 0 saturated carbocycles. The Kier molecular flexibility index (Phi) is 25.3. The topological polar surface area (TPSA) is 195 Å². The smallest absolute Gasteiger partial charge is 0.303 e. The van der Waals surface area contributed by atoms with E-state index in [0.29, 0.717) is 11.4 Å². The van der Waals surface area contributed by atoms with Crippen molar-refractivity contribution in [1.29, 1.82) is 0 Å². The first-order valence-electron chi connectivity index (χ1n) is 40.7. The summed E-state index contributed by atoms with van der Waals surface area (Å²) < 4.78 is 28.9. The van der Waals surface area contributed by atoms with Gasteiger partial charge in [0, 0.05) is 169 Å². The molecule has 16 aromatic rings. The van der Waals surface area contributed by atoms with Gasteiger partial charge in [-0.25, -0.2) is 19.9 Å². The fraction of sp³-hybridized carbons (Fsp3) is 0.260. The fourth-order valence-corrected chi connectivity index (χ4v) is 16.0. The predicted molar refractivity (Wildman–Crippen MR) is 476 cm³/mol. The molecule has 16 aromatic heterocycles. The molecular weight excluding hydrogens is 1490 g/mol. The summed E-state index contributed by atoms with van der Waals surface area (Å²) in [6.07, 6.45) is 0.228. The Morgan fingerprint density at radius 3 is 0.900 bits per heavy atom. The summed E-state index contributed by atoms with van der Waals surface area (Å²) in [4.78, 5) is 63.0. The van der Waals surface area contributed by atoms with E-state index in [-0.39, 0.29) is 11.9 Å². The van der Waals surface area contributed by atoms with Crippen LogP contribution in [-0.4, -0.2) is 88.3 Å². The predicted octanol–water partition coefficient (Wildman–Crippen LogP) is 20.9. The molecule has 0 saturated heterocycles. The molecule has 0 spiro atoms. The molecular formula is C100H108N16O4. The van der Waals surface area contributed by atoms with Crippen molar-refractivity contribution in [3.8, 4) is 46.5 Å². The minimum absolute atomic E-state index is 0.361. The van der Waals surface area contributed by atoms with Crippen LogP contribution in [0.5, 0.6) is 0 Å². The Labute approximate surface area is 704 Å². The molecule has 0 aliphatic heterocycles. The molecule has 0 aliphatic carbocycles. The van der Waals surface area contributed by atoms with Crippen molar-refractivity contribution >= 4 is 11.9 Å². The number of rotatable bonds is 18. The highest BCUT2D eigenvalue weighted by Crippen LogP contribution is 2.35. The van der Waals surface area contributed by atoms with Gasteiger partial charge in [-0.1, -0.05) is 30.3 Å². The van der Waals surface area contributed by atoms with Gasteiger partial charge >= 0.3 is 11.9 Å². The fourth-order valence-electron chi connectivity index (χ4n) is 16.0. The third-order valence-corrected chi connectivity index (χ3v) is 21.6. The highest BCUT2D eigenvalue weighted by atomic mass is 16.5. The maximum Gasteiger partial charge on any atom is 0.303 e. The molecule has 16 rings (SSSR count). The van der Waals surface area contributed by atoms with Crippen LogP contribution in [0.15, 0.2) is 218 Å². The van der Waals surface area contributed by atoms with E-state index in [0.717, 1.165) is 150 Å². The lowest BCUT2D eigenvalue weighted by Crippen LogP contribution is -2.17. The van der Waals surface area contributed by atoms with Gasteiger partial charge < -0.3 is 46.0 Å². The van der Waals surface area contributed by atoms with E-state index in [1.807, 2.05) is 114 Å². The summed E-state index contributed by atoms with van der Waals surface area (Å²) in [6.45, 7) is 44.2. The third kappa shape index (κ3) is 18.7. The third-order valence-electron chi connectivity index (χ3n) is 21.6. The molecule has 0 bridgehead atoms. The standard InChI is InChI=1S/2C26H28N4O2.2C24H26N4/c1-16-8-7-9-23(27-16)26(32-21(6)31)22-14-24(29-17(2)10-11-18(29)3)28-25(15-22)30-19(4)12-13-20(30)5;1-16-8-7-9-23(27-16)25(32-21(6)31)22-14-15-24(29-17(2)10-11-18(29)3)28-26(22)30-19(4)12-13-20(30)5;1-16-7-6-8-22(25-16)13-21-14-23(27-17(2)9-10-18(27)3)26-24(15-21)28-19(4)11-12-20(28)5;1-16-7-6-8-22(25-16)15-21-13-14-23(27-17(2)9-10-18(27)3)26-24(21)28-19(4)11-12-20(28)5/h7-15,26H,1-6H3;7-15,25H,1-6H3;6-12,14-15H,13H2,1-5H3;6-14H,15H2,1-5H3. The van der Waals surface area contributed by atoms with Crippen LogP contribution in [0, 0.1) is 138 Å². The summed E-state index contributed by atoms with van der Waals surface area (Å²) in [5, 5.41) is 0. The largest absolute Gasteiger partial charge is 0.451 e.